The molecule has 0 aliphatic heterocycles. The lowest BCUT2D eigenvalue weighted by molar-refractivity contribution is -0.141. The van der Waals surface area contributed by atoms with Crippen molar-refractivity contribution in [1.82, 2.24) is 9.78 Å². The predicted molar refractivity (Wildman–Crippen MR) is 177 cm³/mol. The van der Waals surface area contributed by atoms with E-state index in [1.54, 1.807) is 0 Å². The van der Waals surface area contributed by atoms with Crippen LogP contribution in [0.1, 0.15) is 43.0 Å². The Kier molecular flexibility index (Phi) is 14.3. The van der Waals surface area contributed by atoms with Crippen LogP contribution in [0.3, 0.4) is 0 Å². The van der Waals surface area contributed by atoms with Crippen molar-refractivity contribution < 1.29 is 54.8 Å². The van der Waals surface area contributed by atoms with E-state index in [0.29, 0.717) is 58.9 Å². The first-order chi connectivity index (χ1) is 24.3. The van der Waals surface area contributed by atoms with Gasteiger partial charge in [-0.3, -0.25) is 9.48 Å². The van der Waals surface area contributed by atoms with Crippen LogP contribution in [0.2, 0.25) is 5.02 Å². The minimum Gasteiger partial charge on any atom is -0.493 e. The van der Waals surface area contributed by atoms with E-state index in [0.717, 1.165) is 35.4 Å². The standard InChI is InChI=1S/C36H37ClF6N2O6/c1-24(46)51-34-27(30-22-32(36(41,42)43)44-45(30)2)12-14-31(33(34)26-11-13-29(37)28(21-26)35(38,39)40)50-16-8-4-7-15-47-17-18-48-19-20-49-23-25-9-5-3-6-10-25/h3,5-6,9-14,21-22H,4,7-8,15-20,23H2,1-2H3. The molecule has 0 atom stereocenters. The molecule has 1 heterocycles. The smallest absolute Gasteiger partial charge is 0.435 e. The highest BCUT2D eigenvalue weighted by molar-refractivity contribution is 6.31. The van der Waals surface area contributed by atoms with Crippen LogP contribution in [0, 0.1) is 0 Å². The average molecular weight is 743 g/mol. The normalized spacial score (nSPS) is 11.9. The fraction of sp³-hybridized carbons (Fsp3) is 0.389. The maximum atomic E-state index is 13.9. The molecule has 0 bridgehead atoms. The second kappa shape index (κ2) is 18.4. The zero-order valence-electron chi connectivity index (χ0n) is 27.9. The first kappa shape index (κ1) is 39.7. The predicted octanol–water partition coefficient (Wildman–Crippen LogP) is 9.17. The van der Waals surface area contributed by atoms with Crippen molar-refractivity contribution in [1.29, 1.82) is 0 Å². The maximum absolute atomic E-state index is 13.9. The summed E-state index contributed by atoms with van der Waals surface area (Å²) in [5.41, 5.74) is -1.56. The lowest BCUT2D eigenvalue weighted by Gasteiger charge is -2.20. The molecule has 0 N–H and O–H groups in total. The molecule has 15 heteroatoms. The van der Waals surface area contributed by atoms with Gasteiger partial charge in [0.1, 0.15) is 5.75 Å². The molecule has 4 rings (SSSR count). The number of esters is 1. The number of aryl methyl sites for hydroxylation is 1. The van der Waals surface area contributed by atoms with Crippen molar-refractivity contribution in [2.24, 2.45) is 7.05 Å². The molecule has 51 heavy (non-hydrogen) atoms. The minimum atomic E-state index is -4.83. The zero-order chi connectivity index (χ0) is 37.0. The van der Waals surface area contributed by atoms with Gasteiger partial charge in [0.15, 0.2) is 11.4 Å². The average Bonchev–Trinajstić information content (AvgIpc) is 3.47. The van der Waals surface area contributed by atoms with Gasteiger partial charge < -0.3 is 23.7 Å². The zero-order valence-corrected chi connectivity index (χ0v) is 28.7. The molecule has 0 unspecified atom stereocenters. The number of nitrogens with zero attached hydrogens (tertiary/aromatic N) is 2. The Labute approximate surface area is 296 Å². The van der Waals surface area contributed by atoms with E-state index in [1.807, 2.05) is 30.3 Å². The summed E-state index contributed by atoms with van der Waals surface area (Å²) >= 11 is 5.87. The number of hydrogen-bond donors (Lipinski definition) is 0. The van der Waals surface area contributed by atoms with E-state index in [2.05, 4.69) is 5.10 Å². The Morgan fingerprint density at radius 2 is 1.45 bits per heavy atom. The SMILES string of the molecule is CC(=O)Oc1c(-c2cc(C(F)(F)F)nn2C)ccc(OCCCCCOCCOCCOCc2ccccc2)c1-c1ccc(Cl)c(C(F)(F)F)c1. The molecule has 0 fully saturated rings. The fourth-order valence-corrected chi connectivity index (χ4v) is 5.26. The third kappa shape index (κ3) is 11.7. The van der Waals surface area contributed by atoms with Gasteiger partial charge in [0.2, 0.25) is 0 Å². The van der Waals surface area contributed by atoms with Crippen molar-refractivity contribution in [3.8, 4) is 33.9 Å². The number of halogens is 7. The van der Waals surface area contributed by atoms with Crippen molar-refractivity contribution in [3.05, 3.63) is 88.6 Å². The second-order valence-corrected chi connectivity index (χ2v) is 11.7. The summed E-state index contributed by atoms with van der Waals surface area (Å²) in [5, 5.41) is 2.95. The van der Waals surface area contributed by atoms with E-state index in [4.69, 9.17) is 35.3 Å². The lowest BCUT2D eigenvalue weighted by atomic mass is 9.96. The van der Waals surface area contributed by atoms with Crippen LogP contribution < -0.4 is 9.47 Å². The van der Waals surface area contributed by atoms with Crippen LogP contribution in [0.15, 0.2) is 66.7 Å². The van der Waals surface area contributed by atoms with Crippen molar-refractivity contribution >= 4 is 17.6 Å². The second-order valence-electron chi connectivity index (χ2n) is 11.3. The van der Waals surface area contributed by atoms with Gasteiger partial charge in [-0.25, -0.2) is 0 Å². The van der Waals surface area contributed by atoms with Crippen LogP contribution >= 0.6 is 11.6 Å². The quantitative estimate of drug-likeness (QED) is 0.0435. The van der Waals surface area contributed by atoms with E-state index in [9.17, 15) is 31.1 Å². The molecule has 0 saturated heterocycles. The van der Waals surface area contributed by atoms with Gasteiger partial charge in [0.05, 0.1) is 61.5 Å². The molecule has 0 amide bonds. The number of hydrogen-bond acceptors (Lipinski definition) is 7. The molecule has 0 saturated carbocycles. The molecule has 0 radical (unpaired) electrons. The number of ether oxygens (including phenoxy) is 5. The van der Waals surface area contributed by atoms with Crippen LogP contribution in [0.5, 0.6) is 11.5 Å². The van der Waals surface area contributed by atoms with Gasteiger partial charge in [-0.05, 0) is 60.7 Å². The van der Waals surface area contributed by atoms with E-state index < -0.39 is 34.6 Å². The number of rotatable bonds is 18. The molecule has 3 aromatic carbocycles. The summed E-state index contributed by atoms with van der Waals surface area (Å²) in [4.78, 5) is 12.3. The van der Waals surface area contributed by atoms with Crippen molar-refractivity contribution in [3.63, 3.8) is 0 Å². The van der Waals surface area contributed by atoms with Crippen molar-refractivity contribution in [2.45, 2.75) is 45.1 Å². The molecular weight excluding hydrogens is 706 g/mol. The first-order valence-electron chi connectivity index (χ1n) is 16.0. The molecule has 276 valence electrons. The molecular formula is C36H37ClF6N2O6. The summed E-state index contributed by atoms with van der Waals surface area (Å²) in [7, 11) is 1.26. The lowest BCUT2D eigenvalue weighted by Crippen LogP contribution is -2.10. The maximum Gasteiger partial charge on any atom is 0.435 e. The number of alkyl halides is 6. The Bertz CT molecular complexity index is 1730. The van der Waals surface area contributed by atoms with Gasteiger partial charge in [-0.15, -0.1) is 0 Å². The monoisotopic (exact) mass is 742 g/mol. The molecule has 1 aromatic heterocycles. The highest BCUT2D eigenvalue weighted by Gasteiger charge is 2.36. The third-order valence-corrected chi connectivity index (χ3v) is 7.75. The van der Waals surface area contributed by atoms with Crippen LogP contribution in [-0.2, 0) is 45.0 Å². The summed E-state index contributed by atoms with van der Waals surface area (Å²) < 4.78 is 111. The van der Waals surface area contributed by atoms with Gasteiger partial charge in [0.25, 0.3) is 0 Å². The van der Waals surface area contributed by atoms with E-state index in [1.165, 1.54) is 25.2 Å². The van der Waals surface area contributed by atoms with Gasteiger partial charge in [0, 0.05) is 26.1 Å². The topological polar surface area (TPSA) is 81.0 Å². The Hall–Kier alpha value is -4.11. The largest absolute Gasteiger partial charge is 0.493 e. The van der Waals surface area contributed by atoms with Crippen LogP contribution in [0.25, 0.3) is 22.4 Å². The van der Waals surface area contributed by atoms with E-state index >= 15 is 0 Å². The fourth-order valence-electron chi connectivity index (χ4n) is 5.03. The Balaban J connectivity index is 1.40. The number of aromatic nitrogens is 2. The van der Waals surface area contributed by atoms with Gasteiger partial charge in [-0.2, -0.15) is 31.4 Å². The number of unbranched alkanes of at least 4 members (excludes halogenated alkanes) is 2. The highest BCUT2D eigenvalue weighted by Crippen LogP contribution is 2.48. The summed E-state index contributed by atoms with van der Waals surface area (Å²) in [6.07, 6.45) is -7.69. The van der Waals surface area contributed by atoms with Crippen LogP contribution in [-0.4, -0.2) is 55.4 Å². The van der Waals surface area contributed by atoms with Crippen LogP contribution in [0.4, 0.5) is 26.3 Å². The number of carbonyl (C=O) groups is 1. The van der Waals surface area contributed by atoms with Gasteiger partial charge in [-0.1, -0.05) is 48.0 Å². The summed E-state index contributed by atoms with van der Waals surface area (Å²) in [5.74, 6) is -1.12. The Morgan fingerprint density at radius 1 is 0.784 bits per heavy atom. The Morgan fingerprint density at radius 3 is 2.10 bits per heavy atom. The summed E-state index contributed by atoms with van der Waals surface area (Å²) in [6.45, 7) is 3.91. The molecule has 0 spiro atoms. The third-order valence-electron chi connectivity index (χ3n) is 7.42. The molecule has 0 aliphatic rings. The van der Waals surface area contributed by atoms with Gasteiger partial charge >= 0.3 is 18.3 Å². The minimum absolute atomic E-state index is 0.0256. The molecule has 0 aliphatic carbocycles. The number of benzene rings is 3. The molecule has 8 nitrogen and oxygen atoms in total. The number of carbonyl (C=O) groups excluding carboxylic acids is 1. The first-order valence-corrected chi connectivity index (χ1v) is 16.4. The summed E-state index contributed by atoms with van der Waals surface area (Å²) in [6, 6.07) is 16.4. The molecule has 4 aromatic rings. The van der Waals surface area contributed by atoms with E-state index in [-0.39, 0.29) is 40.5 Å². The highest BCUT2D eigenvalue weighted by atomic mass is 35.5. The van der Waals surface area contributed by atoms with Crippen molar-refractivity contribution in [2.75, 3.05) is 39.6 Å².